The van der Waals surface area contributed by atoms with E-state index in [0.717, 1.165) is 0 Å². The lowest BCUT2D eigenvalue weighted by Gasteiger charge is -2.45. The van der Waals surface area contributed by atoms with Crippen molar-refractivity contribution in [1.29, 1.82) is 0 Å². The van der Waals surface area contributed by atoms with Gasteiger partial charge in [-0.05, 0) is 35.4 Å². The van der Waals surface area contributed by atoms with Crippen LogP contribution in [-0.4, -0.2) is 102 Å². The minimum absolute atomic E-state index is 0.0250. The molecule has 1 aliphatic rings. The van der Waals surface area contributed by atoms with Gasteiger partial charge in [-0.3, -0.25) is 0 Å². The highest BCUT2D eigenvalue weighted by Crippen LogP contribution is 2.40. The third-order valence-electron chi connectivity index (χ3n) is 5.91. The highest BCUT2D eigenvalue weighted by Gasteiger charge is 2.50. The Kier molecular flexibility index (Phi) is 11.2. The lowest BCUT2D eigenvalue weighted by Crippen LogP contribution is -2.63. The summed E-state index contributed by atoms with van der Waals surface area (Å²) in [6.45, 7) is -3.53. The van der Waals surface area contributed by atoms with Gasteiger partial charge in [0.1, 0.15) is 81.4 Å². The van der Waals surface area contributed by atoms with Crippen LogP contribution in [0.1, 0.15) is 15.8 Å². The Morgan fingerprint density at radius 2 is 1.38 bits per heavy atom. The molecule has 1 aliphatic heterocycles. The molecule has 42 heavy (non-hydrogen) atoms. The van der Waals surface area contributed by atoms with Gasteiger partial charge in [0.15, 0.2) is 5.75 Å². The van der Waals surface area contributed by atoms with Crippen LogP contribution in [-0.2, 0) is 47.6 Å². The van der Waals surface area contributed by atoms with Gasteiger partial charge in [0, 0.05) is 0 Å². The molecular weight excluding hydrogens is 599 g/mol. The molecule has 0 amide bonds. The van der Waals surface area contributed by atoms with Crippen molar-refractivity contribution in [3.05, 3.63) is 52.0 Å². The van der Waals surface area contributed by atoms with Crippen LogP contribution in [0.4, 0.5) is 0 Å². The normalized spacial score (nSPS) is 23.1. The lowest BCUT2D eigenvalue weighted by molar-refractivity contribution is -0.299. The molecule has 0 aromatic heterocycles. The number of methoxy groups -OCH3 is 1. The topological polar surface area (TPSA) is 150 Å². The molecule has 5 atom stereocenters. The number of benzene rings is 2. The maximum atomic E-state index is 11.8. The van der Waals surface area contributed by atoms with Crippen molar-refractivity contribution >= 4 is 54.2 Å². The molecular formula is C28H28Cl2O12. The quantitative estimate of drug-likeness (QED) is 0.187. The second kappa shape index (κ2) is 17.0. The number of hydrogen-bond acceptors (Lipinski definition) is 12. The van der Waals surface area contributed by atoms with E-state index in [1.54, 1.807) is 24.3 Å². The highest BCUT2D eigenvalue weighted by molar-refractivity contribution is 6.37. The van der Waals surface area contributed by atoms with Gasteiger partial charge in [-0.2, -0.15) is 0 Å². The fourth-order valence-electron chi connectivity index (χ4n) is 4.15. The Bertz CT molecular complexity index is 1400. The number of carbonyl (C=O) groups is 5. The molecule has 1 fully saturated rings. The monoisotopic (exact) mass is 630 g/mol. The zero-order valence-corrected chi connectivity index (χ0v) is 23.6. The van der Waals surface area contributed by atoms with Crippen molar-refractivity contribution in [2.24, 2.45) is 0 Å². The van der Waals surface area contributed by atoms with Gasteiger partial charge >= 0.3 is 5.97 Å². The number of hydrogen-bond donors (Lipinski definition) is 0. The maximum Gasteiger partial charge on any atom is 0.337 e. The van der Waals surface area contributed by atoms with Gasteiger partial charge in [0.25, 0.3) is 0 Å². The summed E-state index contributed by atoms with van der Waals surface area (Å²) in [6.07, 6.45) is -11.7. The van der Waals surface area contributed by atoms with Gasteiger partial charge in [-0.1, -0.05) is 35.3 Å². The molecule has 1 unspecified atom stereocenters. The minimum Gasteiger partial charge on any atom is -0.465 e. The zero-order valence-electron chi connectivity index (χ0n) is 26.0. The molecule has 0 saturated carbocycles. The van der Waals surface area contributed by atoms with Crippen LogP contribution >= 0.6 is 23.2 Å². The average molecular weight is 631 g/mol. The highest BCUT2D eigenvalue weighted by atomic mass is 35.5. The van der Waals surface area contributed by atoms with Crippen LogP contribution in [0.3, 0.4) is 0 Å². The second-order valence-electron chi connectivity index (χ2n) is 8.42. The molecule has 0 N–H and O–H groups in total. The molecule has 1 heterocycles. The van der Waals surface area contributed by atoms with Crippen LogP contribution < -0.4 is 4.74 Å². The van der Waals surface area contributed by atoms with Crippen LogP contribution in [0.2, 0.25) is 10.0 Å². The third kappa shape index (κ3) is 8.65. The first-order valence-electron chi connectivity index (χ1n) is 14.2. The predicted molar refractivity (Wildman–Crippen MR) is 147 cm³/mol. The van der Waals surface area contributed by atoms with E-state index in [4.69, 9.17) is 61.8 Å². The second-order valence-corrected chi connectivity index (χ2v) is 9.23. The summed E-state index contributed by atoms with van der Waals surface area (Å²) in [5.41, 5.74) is 1.48. The standard InChI is InChI=1S/C28H28Cl2O12/c1-36-27(35)18-4-2-17(3-5-18)19-14-20(29)23(21(30)15-19)42-28-26(40-13-9-34)25(39-12-8-33)24(38-11-7-32)22(41-28)16-37-10-6-31/h2-9,14-15,22,24-26,28H,10-13,16H2,1H3/t22-,24-,25+,26+,28?/m1/s1/i6D,7D,8D,9D. The molecule has 0 bridgehead atoms. The van der Waals surface area contributed by atoms with E-state index >= 15 is 0 Å². The van der Waals surface area contributed by atoms with Crippen LogP contribution in [0.5, 0.6) is 5.75 Å². The van der Waals surface area contributed by atoms with Crippen molar-refractivity contribution in [2.45, 2.75) is 30.7 Å². The first-order valence-corrected chi connectivity index (χ1v) is 13.0. The van der Waals surface area contributed by atoms with Crippen molar-refractivity contribution in [3.8, 4) is 16.9 Å². The third-order valence-corrected chi connectivity index (χ3v) is 6.47. The Hall–Kier alpha value is -3.23. The molecule has 1 saturated heterocycles. The molecule has 14 heteroatoms. The van der Waals surface area contributed by atoms with E-state index in [-0.39, 0.29) is 15.8 Å². The molecule has 0 spiro atoms. The Morgan fingerprint density at radius 1 is 0.833 bits per heavy atom. The number of carbonyl (C=O) groups excluding carboxylic acids is 5. The number of esters is 1. The van der Waals surface area contributed by atoms with Crippen LogP contribution in [0.25, 0.3) is 11.1 Å². The lowest BCUT2D eigenvalue weighted by atomic mass is 9.98. The van der Waals surface area contributed by atoms with Gasteiger partial charge < -0.3 is 52.3 Å². The number of rotatable bonds is 17. The zero-order chi connectivity index (χ0) is 34.0. The molecule has 12 nitrogen and oxygen atoms in total. The van der Waals surface area contributed by atoms with Crippen molar-refractivity contribution in [3.63, 3.8) is 0 Å². The molecule has 0 aliphatic carbocycles. The van der Waals surface area contributed by atoms with Crippen molar-refractivity contribution < 1.29 is 62.6 Å². The maximum absolute atomic E-state index is 11.8. The van der Waals surface area contributed by atoms with E-state index < -0.39 is 94.8 Å². The van der Waals surface area contributed by atoms with Gasteiger partial charge in [0.2, 0.25) is 6.29 Å². The Morgan fingerprint density at radius 3 is 1.93 bits per heavy atom. The molecule has 0 radical (unpaired) electrons. The summed E-state index contributed by atoms with van der Waals surface area (Å²) in [5.74, 6) is -0.655. The Labute approximate surface area is 256 Å². The van der Waals surface area contributed by atoms with Crippen molar-refractivity contribution in [2.75, 3.05) is 40.1 Å². The minimum atomic E-state index is -1.59. The predicted octanol–water partition coefficient (Wildman–Crippen LogP) is 2.52. The fourth-order valence-corrected chi connectivity index (χ4v) is 4.73. The molecule has 2 aromatic rings. The summed E-state index contributed by atoms with van der Waals surface area (Å²) < 4.78 is 67.5. The van der Waals surface area contributed by atoms with Gasteiger partial charge in [-0.25, -0.2) is 4.79 Å². The first kappa shape index (κ1) is 27.6. The van der Waals surface area contributed by atoms with E-state index in [0.29, 0.717) is 16.7 Å². The van der Waals surface area contributed by atoms with Crippen LogP contribution in [0.15, 0.2) is 36.4 Å². The SMILES string of the molecule is [2H]C(=O)COC[C@H]1OC(Oc2c(Cl)cc(-c3ccc(C(=O)OC)cc3)cc2Cl)[C@@H](OCC([2H])=O)[C@@H](OCC([2H])=O)[C@@H]1OCC([2H])=O. The van der Waals surface area contributed by atoms with E-state index in [9.17, 15) is 24.0 Å². The molecule has 2 aromatic carbocycles. The van der Waals surface area contributed by atoms with Crippen LogP contribution in [0, 0.1) is 0 Å². The van der Waals surface area contributed by atoms with E-state index in [1.807, 2.05) is 0 Å². The molecule has 226 valence electrons. The number of ether oxygens (including phenoxy) is 7. The van der Waals surface area contributed by atoms with Gasteiger partial charge in [-0.15, -0.1) is 0 Å². The number of aldehydes is 4. The van der Waals surface area contributed by atoms with Crippen molar-refractivity contribution in [1.82, 2.24) is 0 Å². The fraction of sp³-hybridized carbons (Fsp3) is 0.393. The van der Waals surface area contributed by atoms with E-state index in [1.165, 1.54) is 19.2 Å². The average Bonchev–Trinajstić information content (AvgIpc) is 2.99. The Balaban J connectivity index is 2.00. The summed E-state index contributed by atoms with van der Waals surface area (Å²) in [6, 6.07) is 9.38. The van der Waals surface area contributed by atoms with E-state index in [2.05, 4.69) is 0 Å². The summed E-state index contributed by atoms with van der Waals surface area (Å²) in [5, 5.41) is -0.0499. The smallest absolute Gasteiger partial charge is 0.337 e. The molecule has 3 rings (SSSR count). The summed E-state index contributed by atoms with van der Waals surface area (Å²) in [4.78, 5) is 57.5. The largest absolute Gasteiger partial charge is 0.465 e. The number of halogens is 2. The summed E-state index contributed by atoms with van der Waals surface area (Å²) >= 11 is 13.1. The van der Waals surface area contributed by atoms with Gasteiger partial charge in [0.05, 0.1) is 29.3 Å². The first-order chi connectivity index (χ1) is 21.8. The summed E-state index contributed by atoms with van der Waals surface area (Å²) in [7, 11) is 1.26.